The molecule has 2 fully saturated rings. The molecule has 1 saturated carbocycles. The number of anilines is 1. The normalized spacial score (nSPS) is 19.8. The summed E-state index contributed by atoms with van der Waals surface area (Å²) >= 11 is 7.42. The number of thiophene rings is 1. The Labute approximate surface area is 176 Å². The molecule has 1 aliphatic carbocycles. The Morgan fingerprint density at radius 2 is 1.75 bits per heavy atom. The zero-order chi connectivity index (χ0) is 19.5. The lowest BCUT2D eigenvalue weighted by atomic mass is 9.94. The molecule has 28 heavy (non-hydrogen) atoms. The van der Waals surface area contributed by atoms with Crippen molar-refractivity contribution in [2.45, 2.75) is 44.7 Å². The molecule has 4 rings (SSSR count). The largest absolute Gasteiger partial charge is 0.390 e. The molecule has 1 aromatic carbocycles. The van der Waals surface area contributed by atoms with Crippen LogP contribution in [0.5, 0.6) is 0 Å². The number of nitrogens with zero attached hydrogens (tertiary/aromatic N) is 2. The smallest absolute Gasteiger partial charge is 0.196 e. The van der Waals surface area contributed by atoms with E-state index in [1.807, 2.05) is 5.38 Å². The number of nitrogen functional groups attached to an aromatic ring is 1. The van der Waals surface area contributed by atoms with Gasteiger partial charge in [0.1, 0.15) is 0 Å². The Balaban J connectivity index is 1.41. The van der Waals surface area contributed by atoms with Crippen molar-refractivity contribution < 1.29 is 4.79 Å². The van der Waals surface area contributed by atoms with Gasteiger partial charge >= 0.3 is 0 Å². The van der Waals surface area contributed by atoms with Gasteiger partial charge in [0.15, 0.2) is 5.78 Å². The first-order valence-electron chi connectivity index (χ1n) is 10.2. The number of halogens is 1. The van der Waals surface area contributed by atoms with Crippen molar-refractivity contribution in [2.24, 2.45) is 0 Å². The zero-order valence-corrected chi connectivity index (χ0v) is 17.8. The lowest BCUT2D eigenvalue weighted by molar-refractivity contribution is 0.0753. The Bertz CT molecular complexity index is 806. The summed E-state index contributed by atoms with van der Waals surface area (Å²) in [6.45, 7) is 5.16. The minimum Gasteiger partial charge on any atom is -0.390 e. The molecule has 2 heterocycles. The van der Waals surface area contributed by atoms with Crippen molar-refractivity contribution in [2.75, 3.05) is 31.9 Å². The van der Waals surface area contributed by atoms with Crippen LogP contribution in [0.1, 0.15) is 53.6 Å². The molecule has 0 atom stereocenters. The van der Waals surface area contributed by atoms with Crippen LogP contribution >= 0.6 is 22.9 Å². The molecule has 6 heteroatoms. The number of benzene rings is 1. The lowest BCUT2D eigenvalue weighted by Gasteiger charge is -2.40. The van der Waals surface area contributed by atoms with Crippen molar-refractivity contribution in [3.05, 3.63) is 51.4 Å². The van der Waals surface area contributed by atoms with Crippen molar-refractivity contribution in [3.8, 4) is 0 Å². The molecule has 0 amide bonds. The van der Waals surface area contributed by atoms with E-state index in [9.17, 15) is 4.79 Å². The summed E-state index contributed by atoms with van der Waals surface area (Å²) < 4.78 is 0. The van der Waals surface area contributed by atoms with E-state index in [1.165, 1.54) is 43.4 Å². The number of ketones is 1. The van der Waals surface area contributed by atoms with Crippen LogP contribution in [-0.4, -0.2) is 47.8 Å². The SMILES string of the molecule is Nc1scc(CN2CCN(C3CCCCC3)CC2)c1C(=O)c1ccc(Cl)cc1. The molecule has 2 aliphatic rings. The van der Waals surface area contributed by atoms with Crippen LogP contribution in [0.3, 0.4) is 0 Å². The molecule has 150 valence electrons. The first-order valence-corrected chi connectivity index (χ1v) is 11.5. The van der Waals surface area contributed by atoms with Gasteiger partial charge in [0.2, 0.25) is 0 Å². The monoisotopic (exact) mass is 417 g/mol. The summed E-state index contributed by atoms with van der Waals surface area (Å²) in [5, 5.41) is 3.29. The van der Waals surface area contributed by atoms with E-state index in [0.29, 0.717) is 21.2 Å². The summed E-state index contributed by atoms with van der Waals surface area (Å²) in [6.07, 6.45) is 6.90. The minimum absolute atomic E-state index is 0.00809. The third kappa shape index (κ3) is 4.43. The highest BCUT2D eigenvalue weighted by atomic mass is 35.5. The topological polar surface area (TPSA) is 49.6 Å². The van der Waals surface area contributed by atoms with Gasteiger partial charge in [-0.05, 0) is 48.1 Å². The molecular weight excluding hydrogens is 390 g/mol. The molecule has 1 saturated heterocycles. The lowest BCUT2D eigenvalue weighted by Crippen LogP contribution is -2.50. The van der Waals surface area contributed by atoms with Gasteiger partial charge in [-0.1, -0.05) is 30.9 Å². The second-order valence-corrected chi connectivity index (χ2v) is 9.29. The number of piperazine rings is 1. The van der Waals surface area contributed by atoms with E-state index in [4.69, 9.17) is 17.3 Å². The average molecular weight is 418 g/mol. The van der Waals surface area contributed by atoms with Gasteiger partial charge in [-0.2, -0.15) is 0 Å². The maximum atomic E-state index is 13.0. The molecule has 1 aliphatic heterocycles. The van der Waals surface area contributed by atoms with Crippen molar-refractivity contribution in [1.29, 1.82) is 0 Å². The summed E-state index contributed by atoms with van der Waals surface area (Å²) in [5.74, 6) is -0.00809. The number of rotatable bonds is 5. The first kappa shape index (κ1) is 19.9. The molecule has 0 radical (unpaired) electrons. The molecular formula is C22H28ClN3OS. The van der Waals surface area contributed by atoms with Gasteiger partial charge in [-0.15, -0.1) is 11.3 Å². The Morgan fingerprint density at radius 1 is 1.07 bits per heavy atom. The number of carbonyl (C=O) groups is 1. The van der Waals surface area contributed by atoms with E-state index < -0.39 is 0 Å². The second-order valence-electron chi connectivity index (χ2n) is 7.94. The predicted molar refractivity (Wildman–Crippen MR) is 117 cm³/mol. The van der Waals surface area contributed by atoms with Gasteiger partial charge in [0.05, 0.1) is 10.6 Å². The van der Waals surface area contributed by atoms with Gasteiger partial charge in [-0.3, -0.25) is 14.6 Å². The van der Waals surface area contributed by atoms with Crippen molar-refractivity contribution >= 4 is 33.7 Å². The van der Waals surface area contributed by atoms with E-state index in [1.54, 1.807) is 24.3 Å². The van der Waals surface area contributed by atoms with Crippen LogP contribution in [0.2, 0.25) is 5.02 Å². The van der Waals surface area contributed by atoms with Crippen LogP contribution in [0.25, 0.3) is 0 Å². The molecule has 1 aromatic heterocycles. The van der Waals surface area contributed by atoms with Crippen molar-refractivity contribution in [1.82, 2.24) is 9.80 Å². The van der Waals surface area contributed by atoms with Gasteiger partial charge in [0.25, 0.3) is 0 Å². The highest BCUT2D eigenvalue weighted by molar-refractivity contribution is 7.14. The molecule has 2 N–H and O–H groups in total. The Hall–Kier alpha value is -1.40. The predicted octanol–water partition coefficient (Wildman–Crippen LogP) is 4.67. The minimum atomic E-state index is -0.00809. The first-order chi connectivity index (χ1) is 13.6. The molecule has 2 aromatic rings. The molecule has 0 spiro atoms. The number of hydrogen-bond acceptors (Lipinski definition) is 5. The summed E-state index contributed by atoms with van der Waals surface area (Å²) in [7, 11) is 0. The summed E-state index contributed by atoms with van der Waals surface area (Å²) in [6, 6.07) is 7.83. The van der Waals surface area contributed by atoms with Crippen LogP contribution < -0.4 is 5.73 Å². The fourth-order valence-corrected chi connectivity index (χ4v) is 5.43. The summed E-state index contributed by atoms with van der Waals surface area (Å²) in [5.41, 5.74) is 8.53. The van der Waals surface area contributed by atoms with E-state index in [-0.39, 0.29) is 5.78 Å². The molecule has 0 unspecified atom stereocenters. The van der Waals surface area contributed by atoms with Gasteiger partial charge in [0, 0.05) is 49.4 Å². The highest BCUT2D eigenvalue weighted by Gasteiger charge is 2.26. The van der Waals surface area contributed by atoms with Gasteiger partial charge in [-0.25, -0.2) is 0 Å². The highest BCUT2D eigenvalue weighted by Crippen LogP contribution is 2.30. The van der Waals surface area contributed by atoms with Crippen LogP contribution in [0.4, 0.5) is 5.00 Å². The van der Waals surface area contributed by atoms with Crippen LogP contribution in [0, 0.1) is 0 Å². The van der Waals surface area contributed by atoms with E-state index >= 15 is 0 Å². The Kier molecular flexibility index (Phi) is 6.36. The number of carbonyl (C=O) groups excluding carboxylic acids is 1. The third-order valence-corrected chi connectivity index (χ3v) is 7.23. The van der Waals surface area contributed by atoms with Crippen molar-refractivity contribution in [3.63, 3.8) is 0 Å². The average Bonchev–Trinajstić information content (AvgIpc) is 3.09. The van der Waals surface area contributed by atoms with E-state index in [2.05, 4.69) is 9.80 Å². The zero-order valence-electron chi connectivity index (χ0n) is 16.2. The maximum Gasteiger partial charge on any atom is 0.196 e. The Morgan fingerprint density at radius 3 is 2.43 bits per heavy atom. The summed E-state index contributed by atoms with van der Waals surface area (Å²) in [4.78, 5) is 18.2. The third-order valence-electron chi connectivity index (χ3n) is 6.12. The van der Waals surface area contributed by atoms with E-state index in [0.717, 1.165) is 44.3 Å². The van der Waals surface area contributed by atoms with Crippen LogP contribution in [0.15, 0.2) is 29.6 Å². The molecule has 4 nitrogen and oxygen atoms in total. The van der Waals surface area contributed by atoms with Crippen LogP contribution in [-0.2, 0) is 6.54 Å². The number of hydrogen-bond donors (Lipinski definition) is 1. The quantitative estimate of drug-likeness (QED) is 0.718. The van der Waals surface area contributed by atoms with Gasteiger partial charge < -0.3 is 5.73 Å². The maximum absolute atomic E-state index is 13.0. The second kappa shape index (κ2) is 8.95. The number of nitrogens with two attached hydrogens (primary N) is 1. The molecule has 0 bridgehead atoms. The fraction of sp³-hybridized carbons (Fsp3) is 0.500. The standard InChI is InChI=1S/C22H28ClN3OS/c23-18-8-6-16(7-9-18)21(27)20-17(15-28-22(20)24)14-25-10-12-26(13-11-25)19-4-2-1-3-5-19/h6-9,15,19H,1-5,10-14,24H2. The fourth-order valence-electron chi connectivity index (χ4n) is 4.50.